The second-order valence-corrected chi connectivity index (χ2v) is 6.73. The maximum absolute atomic E-state index is 2.30. The third-order valence-corrected chi connectivity index (χ3v) is 5.50. The second kappa shape index (κ2) is 5.74. The van der Waals surface area contributed by atoms with Gasteiger partial charge in [0.25, 0.3) is 0 Å². The van der Waals surface area contributed by atoms with Crippen LogP contribution in [0.3, 0.4) is 0 Å². The molecule has 0 nitrogen and oxygen atoms in total. The quantitative estimate of drug-likeness (QED) is 0.468. The summed E-state index contributed by atoms with van der Waals surface area (Å²) in [5.41, 5.74) is 2.65. The fourth-order valence-electron chi connectivity index (χ4n) is 2.86. The van der Waals surface area contributed by atoms with Crippen molar-refractivity contribution in [1.82, 2.24) is 0 Å². The standard InChI is InChI=1S/C21H14.Zr/c1-3-7-20-14-16(9-11-18(20)5-1)13-17-10-12-19-6-2-4-8-21(19)15-17;/h1-12,14-15H;/q;+2. The van der Waals surface area contributed by atoms with E-state index in [0.717, 1.165) is 0 Å². The molecule has 4 aromatic rings. The molecule has 0 aliphatic heterocycles. The molecule has 0 saturated carbocycles. The molecule has 100 valence electrons. The van der Waals surface area contributed by atoms with Gasteiger partial charge in [-0.1, -0.05) is 0 Å². The first kappa shape index (κ1) is 13.8. The van der Waals surface area contributed by atoms with Crippen LogP contribution in [0.15, 0.2) is 84.9 Å². The van der Waals surface area contributed by atoms with E-state index in [1.165, 1.54) is 60.1 Å². The van der Waals surface area contributed by atoms with E-state index in [9.17, 15) is 0 Å². The van der Waals surface area contributed by atoms with Crippen LogP contribution in [-0.2, 0) is 24.2 Å². The summed E-state index contributed by atoms with van der Waals surface area (Å²) < 4.78 is 1.41. The summed E-state index contributed by atoms with van der Waals surface area (Å²) in [7, 11) is 0. The van der Waals surface area contributed by atoms with E-state index < -0.39 is 0 Å². The van der Waals surface area contributed by atoms with E-state index in [1.54, 1.807) is 0 Å². The van der Waals surface area contributed by atoms with Gasteiger partial charge in [-0.05, 0) is 0 Å². The van der Waals surface area contributed by atoms with Crippen LogP contribution in [-0.4, -0.2) is 3.21 Å². The van der Waals surface area contributed by atoms with Crippen LogP contribution in [0.5, 0.6) is 0 Å². The fraction of sp³-hybridized carbons (Fsp3) is 0. The van der Waals surface area contributed by atoms with Crippen molar-refractivity contribution >= 4 is 24.8 Å². The van der Waals surface area contributed by atoms with Gasteiger partial charge in [-0.25, -0.2) is 0 Å². The predicted molar refractivity (Wildman–Crippen MR) is 91.1 cm³/mol. The van der Waals surface area contributed by atoms with Gasteiger partial charge in [-0.3, -0.25) is 0 Å². The van der Waals surface area contributed by atoms with Crippen LogP contribution in [0.25, 0.3) is 21.5 Å². The van der Waals surface area contributed by atoms with Crippen molar-refractivity contribution in [1.29, 1.82) is 0 Å². The van der Waals surface area contributed by atoms with Gasteiger partial charge in [0.1, 0.15) is 0 Å². The van der Waals surface area contributed by atoms with Gasteiger partial charge in [-0.2, -0.15) is 0 Å². The van der Waals surface area contributed by atoms with Gasteiger partial charge in [-0.15, -0.1) is 0 Å². The average molecular weight is 358 g/mol. The van der Waals surface area contributed by atoms with Crippen LogP contribution in [0.4, 0.5) is 0 Å². The molecule has 0 atom stereocenters. The van der Waals surface area contributed by atoms with Crippen LogP contribution >= 0.6 is 0 Å². The number of rotatable bonds is 2. The molecule has 0 spiro atoms. The van der Waals surface area contributed by atoms with Crippen LogP contribution in [0.2, 0.25) is 0 Å². The molecule has 0 bridgehead atoms. The zero-order chi connectivity index (χ0) is 14.9. The number of fused-ring (bicyclic) bond motifs is 2. The van der Waals surface area contributed by atoms with Crippen molar-refractivity contribution in [3.8, 4) is 0 Å². The van der Waals surface area contributed by atoms with Crippen LogP contribution in [0.1, 0.15) is 11.1 Å². The Bertz CT molecular complexity index is 917. The Morgan fingerprint density at radius 3 is 1.36 bits per heavy atom. The van der Waals surface area contributed by atoms with E-state index in [4.69, 9.17) is 0 Å². The summed E-state index contributed by atoms with van der Waals surface area (Å²) in [5, 5.41) is 5.21. The molecular weight excluding hydrogens is 343 g/mol. The first-order valence-corrected chi connectivity index (χ1v) is 8.61. The van der Waals surface area contributed by atoms with E-state index >= 15 is 0 Å². The van der Waals surface area contributed by atoms with Gasteiger partial charge in [0, 0.05) is 0 Å². The SMILES string of the molecule is [Zr+2]=[C](c1ccc2ccccc2c1)c1ccc2ccccc2c1. The molecule has 0 aliphatic carbocycles. The number of hydrogen-bond donors (Lipinski definition) is 0. The van der Waals surface area contributed by atoms with Gasteiger partial charge in [0.2, 0.25) is 0 Å². The van der Waals surface area contributed by atoms with E-state index in [-0.39, 0.29) is 0 Å². The summed E-state index contributed by atoms with van der Waals surface area (Å²) >= 11 is 1.44. The van der Waals surface area contributed by atoms with Gasteiger partial charge < -0.3 is 0 Å². The summed E-state index contributed by atoms with van der Waals surface area (Å²) in [6.07, 6.45) is 0. The Balaban J connectivity index is 1.80. The normalized spacial score (nSPS) is 11.0. The Morgan fingerprint density at radius 1 is 0.500 bits per heavy atom. The molecule has 0 heterocycles. The molecule has 22 heavy (non-hydrogen) atoms. The summed E-state index contributed by atoms with van der Waals surface area (Å²) in [6.45, 7) is 0. The van der Waals surface area contributed by atoms with Crippen molar-refractivity contribution in [2.24, 2.45) is 0 Å². The fourth-order valence-corrected chi connectivity index (χ4v) is 3.62. The monoisotopic (exact) mass is 356 g/mol. The van der Waals surface area contributed by atoms with Crippen molar-refractivity contribution in [3.63, 3.8) is 0 Å². The van der Waals surface area contributed by atoms with Gasteiger partial charge >= 0.3 is 145 Å². The van der Waals surface area contributed by atoms with Crippen molar-refractivity contribution < 1.29 is 24.2 Å². The zero-order valence-corrected chi connectivity index (χ0v) is 14.5. The molecule has 0 N–H and O–H groups in total. The Hall–Kier alpha value is -1.85. The molecule has 4 rings (SSSR count). The average Bonchev–Trinajstić information content (AvgIpc) is 2.60. The topological polar surface area (TPSA) is 0 Å². The van der Waals surface area contributed by atoms with Crippen molar-refractivity contribution in [2.45, 2.75) is 0 Å². The summed E-state index contributed by atoms with van der Waals surface area (Å²) in [6, 6.07) is 30.6. The molecule has 0 radical (unpaired) electrons. The summed E-state index contributed by atoms with van der Waals surface area (Å²) in [4.78, 5) is 0. The summed E-state index contributed by atoms with van der Waals surface area (Å²) in [5.74, 6) is 0. The molecule has 0 unspecified atom stereocenters. The molecule has 0 aliphatic rings. The van der Waals surface area contributed by atoms with E-state index in [2.05, 4.69) is 84.9 Å². The Labute approximate surface area is 144 Å². The van der Waals surface area contributed by atoms with E-state index in [0.29, 0.717) is 0 Å². The molecular formula is C21H14Zr+2. The predicted octanol–water partition coefficient (Wildman–Crippen LogP) is 5.11. The zero-order valence-electron chi connectivity index (χ0n) is 12.1. The molecule has 0 aromatic heterocycles. The number of hydrogen-bond acceptors (Lipinski definition) is 0. The molecule has 0 amide bonds. The second-order valence-electron chi connectivity index (χ2n) is 5.50. The third-order valence-electron chi connectivity index (χ3n) is 4.08. The minimum absolute atomic E-state index is 1.30. The Morgan fingerprint density at radius 2 is 0.909 bits per heavy atom. The van der Waals surface area contributed by atoms with Crippen molar-refractivity contribution in [3.05, 3.63) is 96.1 Å². The molecule has 1 heteroatoms. The van der Waals surface area contributed by atoms with Crippen LogP contribution < -0.4 is 0 Å². The molecule has 0 saturated heterocycles. The molecule has 4 aromatic carbocycles. The first-order chi connectivity index (χ1) is 10.8. The van der Waals surface area contributed by atoms with E-state index in [1.807, 2.05) is 0 Å². The minimum atomic E-state index is 1.30. The Kier molecular flexibility index (Phi) is 3.60. The molecule has 0 fully saturated rings. The first-order valence-electron chi connectivity index (χ1n) is 7.38. The number of benzene rings is 4. The maximum atomic E-state index is 2.30. The van der Waals surface area contributed by atoms with Crippen molar-refractivity contribution in [2.75, 3.05) is 0 Å². The third kappa shape index (κ3) is 2.51. The van der Waals surface area contributed by atoms with Gasteiger partial charge in [0.15, 0.2) is 0 Å². The van der Waals surface area contributed by atoms with Crippen LogP contribution in [0, 0.1) is 0 Å². The van der Waals surface area contributed by atoms with Gasteiger partial charge in [0.05, 0.1) is 0 Å².